The third-order valence-corrected chi connectivity index (χ3v) is 0. The second-order valence-corrected chi connectivity index (χ2v) is 0. The summed E-state index contributed by atoms with van der Waals surface area (Å²) in [4.78, 5) is 0. The Kier molecular flexibility index (Phi) is 1630. The van der Waals surface area contributed by atoms with Crippen molar-refractivity contribution in [2.45, 2.75) is 0 Å². The van der Waals surface area contributed by atoms with Gasteiger partial charge in [-0.15, -0.1) is 0 Å². The quantitative estimate of drug-likeness (QED) is 0.252. The maximum Gasteiger partial charge on any atom is 0.187 e. The van der Waals surface area contributed by atoms with Crippen molar-refractivity contribution < 1.29 is 0 Å². The summed E-state index contributed by atoms with van der Waals surface area (Å²) in [5.74, 6) is 0. The van der Waals surface area contributed by atoms with Crippen LogP contribution in [0.5, 0.6) is 0 Å². The second kappa shape index (κ2) is 52.4. The van der Waals surface area contributed by atoms with E-state index >= 15 is 0 Å². The van der Waals surface area contributed by atoms with Gasteiger partial charge >= 0.3 is 0 Å². The lowest BCUT2D eigenvalue weighted by molar-refractivity contribution is 5.75. The molecule has 0 radical (unpaired) electrons. The van der Waals surface area contributed by atoms with E-state index in [2.05, 4.69) is 0 Å². The van der Waals surface area contributed by atoms with Gasteiger partial charge in [-0.25, -0.2) is 0 Å². The maximum absolute atomic E-state index is 0. The Morgan fingerprint density at radius 3 is 0.500 bits per heavy atom. The highest BCUT2D eigenvalue weighted by molar-refractivity contribution is 5.76. The molecule has 0 saturated heterocycles. The van der Waals surface area contributed by atoms with Crippen LogP contribution in [0.25, 0.3) is 0 Å². The largest absolute Gasteiger partial charge is 0.187 e. The highest BCUT2D eigenvalue weighted by Crippen LogP contribution is -0.378. The first-order valence-corrected chi connectivity index (χ1v) is 0. The van der Waals surface area contributed by atoms with Crippen molar-refractivity contribution in [2.75, 3.05) is 0 Å². The smallest absolute Gasteiger partial charge is 0.0814 e. The molecule has 4 heteroatoms. The summed E-state index contributed by atoms with van der Waals surface area (Å²) < 4.78 is 0. The summed E-state index contributed by atoms with van der Waals surface area (Å²) in [5.41, 5.74) is 0. The zero-order valence-corrected chi connectivity index (χ0v) is 0. The average Bonchev–Trinajstić information content (AvgIpc) is 0. The minimum absolute atomic E-state index is 0. The van der Waals surface area contributed by atoms with Crippen LogP contribution in [0.2, 0.25) is 0 Å². The Labute approximate surface area is 43.2 Å². The van der Waals surface area contributed by atoms with E-state index in [1.165, 1.54) is 0 Å². The monoisotopic (exact) mass is 72.1 g/mol. The molecule has 0 aliphatic rings. The van der Waals surface area contributed by atoms with Crippen LogP contribution in [0.4, 0.5) is 0 Å². The standard InChI is InChI=1S/Al.3BH3.3H/h;3*1H3;;;. The molecule has 0 unspecified atom stereocenters. The molecule has 0 aromatic heterocycles. The summed E-state index contributed by atoms with van der Waals surface area (Å²) in [5, 5.41) is 0. The van der Waals surface area contributed by atoms with E-state index in [9.17, 15) is 0 Å². The fraction of sp³-hybridized carbons (Fsp3) is 0. The molecule has 0 nitrogen and oxygen atoms in total. The van der Waals surface area contributed by atoms with E-state index in [1.54, 1.807) is 0 Å². The lowest BCUT2D eigenvalue weighted by Gasteiger charge is 0.0804. The molecule has 0 atom stereocenters. The first kappa shape index (κ1) is 124. The highest BCUT2D eigenvalue weighted by atomic mass is 27.0. The Morgan fingerprint density at radius 2 is 0.500 bits per heavy atom. The average molecular weight is 71.5 g/mol. The molecule has 4 heavy (non-hydrogen) atoms. The van der Waals surface area contributed by atoms with Crippen LogP contribution >= 0.6 is 0 Å². The van der Waals surface area contributed by atoms with Gasteiger partial charge in [0, 0.05) is 0 Å². The number of hydrogen-bond acceptors (Lipinski definition) is 0. The Hall–Kier alpha value is 0.727. The van der Waals surface area contributed by atoms with E-state index in [-0.39, 0.29) is 42.6 Å². The Bertz CT molecular complexity index is 3.25. The van der Waals surface area contributed by atoms with Crippen LogP contribution in [-0.2, 0) is 0 Å². The molecular weight excluding hydrogens is 59.4 g/mol. The van der Waals surface area contributed by atoms with Crippen LogP contribution in [0.1, 0.15) is 0 Å². The predicted molar refractivity (Wildman–Crippen MR) is 39.8 cm³/mol. The zero-order valence-electron chi connectivity index (χ0n) is 0. The lowest BCUT2D eigenvalue weighted by atomic mass is 10.8. The van der Waals surface area contributed by atoms with Gasteiger partial charge in [0.25, 0.3) is 0 Å². The molecule has 0 rings (SSSR count). The van der Waals surface area contributed by atoms with Gasteiger partial charge in [0.2, 0.25) is 0 Å². The van der Waals surface area contributed by atoms with Crippen molar-refractivity contribution in [3.63, 3.8) is 0 Å². The molecule has 0 aromatic carbocycles. The third-order valence-electron chi connectivity index (χ3n) is 0. The fourth-order valence-electron chi connectivity index (χ4n) is 0. The molecule has 0 spiro atoms. The van der Waals surface area contributed by atoms with Crippen LogP contribution in [0, 0.1) is 0 Å². The molecule has 0 saturated carbocycles. The number of hydrogen-bond donors (Lipinski definition) is 0. The summed E-state index contributed by atoms with van der Waals surface area (Å²) in [6.07, 6.45) is 0. The highest BCUT2D eigenvalue weighted by Gasteiger charge is 0.187. The molecule has 0 aliphatic carbocycles. The molecule has 0 aliphatic heterocycles. The first-order valence-electron chi connectivity index (χ1n) is 0. The SMILES string of the molecule is B.B.B.[AlH3]. The van der Waals surface area contributed by atoms with Gasteiger partial charge in [-0.05, 0) is 0 Å². The van der Waals surface area contributed by atoms with Gasteiger partial charge in [0.1, 0.15) is 0 Å². The van der Waals surface area contributed by atoms with Crippen molar-refractivity contribution in [3.8, 4) is 0 Å². The van der Waals surface area contributed by atoms with Gasteiger partial charge in [0.05, 0.1) is 25.2 Å². The van der Waals surface area contributed by atoms with Crippen molar-refractivity contribution >= 4 is 42.6 Å². The van der Waals surface area contributed by atoms with Gasteiger partial charge in [0.15, 0.2) is 17.4 Å². The normalized spacial score (nSPS) is 0. The molecule has 0 N–H and O–H groups in total. The van der Waals surface area contributed by atoms with Gasteiger partial charge in [-0.2, -0.15) is 0 Å². The van der Waals surface area contributed by atoms with E-state index < -0.39 is 0 Å². The summed E-state index contributed by atoms with van der Waals surface area (Å²) >= 11 is 0. The topological polar surface area (TPSA) is 0 Å². The van der Waals surface area contributed by atoms with E-state index in [1.807, 2.05) is 0 Å². The maximum atomic E-state index is 0. The van der Waals surface area contributed by atoms with E-state index in [0.717, 1.165) is 0 Å². The summed E-state index contributed by atoms with van der Waals surface area (Å²) in [6, 6.07) is 0. The molecule has 0 aromatic rings. The Balaban J connectivity index is 0. The lowest BCUT2D eigenvalue weighted by Crippen LogP contribution is -0.382. The van der Waals surface area contributed by atoms with E-state index in [0.29, 0.717) is 0 Å². The van der Waals surface area contributed by atoms with Crippen molar-refractivity contribution in [1.29, 1.82) is 0 Å². The fourth-order valence-corrected chi connectivity index (χ4v) is 0. The molecule has 24 valence electrons. The molecular formula is H12AlB3. The minimum Gasteiger partial charge on any atom is 0.0814 e. The van der Waals surface area contributed by atoms with Crippen molar-refractivity contribution in [1.82, 2.24) is 0 Å². The summed E-state index contributed by atoms with van der Waals surface area (Å²) in [7, 11) is 0. The zero-order chi connectivity index (χ0) is 0. The van der Waals surface area contributed by atoms with Crippen LogP contribution in [0.3, 0.4) is 0 Å². The minimum atomic E-state index is 0. The number of rotatable bonds is 0. The Morgan fingerprint density at radius 1 is 0.500 bits per heavy atom. The van der Waals surface area contributed by atoms with Gasteiger partial charge < -0.3 is 0 Å². The van der Waals surface area contributed by atoms with Crippen LogP contribution in [-0.4, -0.2) is 42.6 Å². The molecule has 0 heterocycles. The predicted octanol–water partition coefficient (Wildman–Crippen LogP) is -4.74. The molecule has 0 bridgehead atoms. The second-order valence-electron chi connectivity index (χ2n) is 0. The van der Waals surface area contributed by atoms with Crippen LogP contribution in [0.15, 0.2) is 0 Å². The third kappa shape index (κ3) is 15.4. The van der Waals surface area contributed by atoms with Gasteiger partial charge in [-0.3, -0.25) is 0 Å². The summed E-state index contributed by atoms with van der Waals surface area (Å²) in [6.45, 7) is 0. The van der Waals surface area contributed by atoms with Crippen molar-refractivity contribution in [3.05, 3.63) is 0 Å². The van der Waals surface area contributed by atoms with Crippen molar-refractivity contribution in [2.24, 2.45) is 0 Å². The van der Waals surface area contributed by atoms with E-state index in [4.69, 9.17) is 0 Å². The van der Waals surface area contributed by atoms with Gasteiger partial charge in [-0.1, -0.05) is 0 Å². The molecule has 0 amide bonds. The first-order chi connectivity index (χ1) is 0. The molecule has 0 fully saturated rings. The van der Waals surface area contributed by atoms with Crippen LogP contribution < -0.4 is 0 Å².